The molecule has 0 bridgehead atoms. The largest absolute Gasteiger partial charge is 0.184 e. The van der Waals surface area contributed by atoms with Gasteiger partial charge < -0.3 is 0 Å². The second-order valence-corrected chi connectivity index (χ2v) is 9.43. The maximum atomic E-state index is 5.51. The SMILES string of the molecule is Cl.Cl.Clc1c[c-]ccc1.[C-]1=CC=CC1.[CH2]=[Zr].[c-]1cccc2c1c1c(c3ccccc32)-c2ccccc2C1.[c-]1ccccc1. The van der Waals surface area contributed by atoms with Crippen molar-refractivity contribution in [2.24, 2.45) is 0 Å². The molecule has 6 aromatic rings. The molecule has 0 heterocycles. The molecule has 8 rings (SSSR count). The minimum absolute atomic E-state index is 0. The monoisotopic (exact) mass is 694 g/mol. The average Bonchev–Trinajstić information content (AvgIpc) is 3.77. The molecule has 0 saturated heterocycles. The Kier molecular flexibility index (Phi) is 16.8. The molecule has 0 atom stereocenters. The van der Waals surface area contributed by atoms with Gasteiger partial charge in [-0.3, -0.25) is 6.08 Å². The third-order valence-corrected chi connectivity index (χ3v) is 6.70. The van der Waals surface area contributed by atoms with Crippen LogP contribution in [0.5, 0.6) is 0 Å². The van der Waals surface area contributed by atoms with Crippen molar-refractivity contribution in [2.45, 2.75) is 12.8 Å². The van der Waals surface area contributed by atoms with Crippen molar-refractivity contribution >= 4 is 62.2 Å². The molecule has 0 N–H and O–H groups in total. The number of hydrogen-bond acceptors (Lipinski definition) is 0. The van der Waals surface area contributed by atoms with Crippen molar-refractivity contribution in [1.82, 2.24) is 0 Å². The van der Waals surface area contributed by atoms with Crippen LogP contribution in [0.3, 0.4) is 0 Å². The molecule has 0 saturated carbocycles. The molecule has 0 radical (unpaired) electrons. The van der Waals surface area contributed by atoms with Crippen molar-refractivity contribution in [1.29, 1.82) is 0 Å². The molecule has 6 aromatic carbocycles. The van der Waals surface area contributed by atoms with Gasteiger partial charge in [0.1, 0.15) is 0 Å². The van der Waals surface area contributed by atoms with Crippen molar-refractivity contribution in [2.75, 3.05) is 0 Å². The van der Waals surface area contributed by atoms with E-state index in [4.69, 9.17) is 11.6 Å². The molecule has 2 aliphatic carbocycles. The smallest absolute Gasteiger partial charge is 0.0240 e. The standard InChI is InChI=1S/C21H13.C6H4Cl.C6H5.C5H5.CH2.2ClH.Zr/c1-2-8-15-14(7-1)13-20-18-11-4-3-9-16(18)17-10-5-6-12-19(17)21(15)20;7-6-4-2-1-3-5-6;1-2-4-6-5-3-1;1-2-4-5-3-1;;;;/h1-10,12H,13H2;1-2,4-5H;1-5H;1-3H,4H2;1H2;2*1H;/q4*-1;;;;. The van der Waals surface area contributed by atoms with Crippen molar-refractivity contribution in [3.05, 3.63) is 180 Å². The number of hydrogen-bond donors (Lipinski definition) is 0. The fourth-order valence-corrected chi connectivity index (χ4v) is 4.92. The Hall–Kier alpha value is -3.06. The van der Waals surface area contributed by atoms with E-state index in [1.165, 1.54) is 68.0 Å². The second kappa shape index (κ2) is 20.0. The van der Waals surface area contributed by atoms with E-state index in [0.717, 1.165) is 17.9 Å². The first kappa shape index (κ1) is 36.1. The van der Waals surface area contributed by atoms with Crippen LogP contribution >= 0.6 is 36.4 Å². The van der Waals surface area contributed by atoms with Gasteiger partial charge in [-0.15, -0.1) is 71.8 Å². The summed E-state index contributed by atoms with van der Waals surface area (Å²) in [6, 6.07) is 49.9. The van der Waals surface area contributed by atoms with E-state index in [9.17, 15) is 0 Å². The third-order valence-electron chi connectivity index (χ3n) is 6.46. The maximum absolute atomic E-state index is 5.51. The van der Waals surface area contributed by atoms with E-state index >= 15 is 0 Å². The summed E-state index contributed by atoms with van der Waals surface area (Å²) >= 11 is 6.81. The van der Waals surface area contributed by atoms with E-state index in [0.29, 0.717) is 0 Å². The molecule has 2 aliphatic rings. The first-order valence-electron chi connectivity index (χ1n) is 13.3. The average molecular weight is 697 g/mol. The zero-order chi connectivity index (χ0) is 28.7. The number of rotatable bonds is 0. The minimum atomic E-state index is 0. The first-order valence-corrected chi connectivity index (χ1v) is 15.5. The Balaban J connectivity index is 0.000000242. The van der Waals surface area contributed by atoms with Crippen LogP contribution < -0.4 is 0 Å². The van der Waals surface area contributed by atoms with Gasteiger partial charge in [-0.2, -0.15) is 84.4 Å². The van der Waals surface area contributed by atoms with Crippen LogP contribution in [0.25, 0.3) is 32.7 Å². The van der Waals surface area contributed by atoms with E-state index < -0.39 is 0 Å². The van der Waals surface area contributed by atoms with Crippen molar-refractivity contribution in [3.8, 4) is 11.1 Å². The maximum Gasteiger partial charge on any atom is -0.0240 e. The Labute approximate surface area is 288 Å². The molecule has 4 heteroatoms. The molecule has 0 aliphatic heterocycles. The van der Waals surface area contributed by atoms with Gasteiger partial charge in [0.25, 0.3) is 0 Å². The van der Waals surface area contributed by atoms with Gasteiger partial charge >= 0.3 is 28.4 Å². The summed E-state index contributed by atoms with van der Waals surface area (Å²) in [5, 5.41) is 6.04. The van der Waals surface area contributed by atoms with Crippen LogP contribution in [0.4, 0.5) is 0 Å². The fraction of sp³-hybridized carbons (Fsp3) is 0.0513. The van der Waals surface area contributed by atoms with Crippen LogP contribution in [0, 0.1) is 24.3 Å². The van der Waals surface area contributed by atoms with Gasteiger partial charge in [-0.25, -0.2) is 12.2 Å². The van der Waals surface area contributed by atoms with Gasteiger partial charge in [-0.05, 0) is 28.5 Å². The molecule has 0 aromatic heterocycles. The van der Waals surface area contributed by atoms with Crippen LogP contribution in [-0.2, 0) is 30.7 Å². The zero-order valence-corrected chi connectivity index (χ0v) is 28.4. The Bertz CT molecular complexity index is 1690. The number of allylic oxidation sites excluding steroid dienone is 4. The second-order valence-electron chi connectivity index (χ2n) is 8.99. The Morgan fingerprint density at radius 2 is 1.35 bits per heavy atom. The molecule has 216 valence electrons. The molecular weight excluding hydrogens is 666 g/mol. The van der Waals surface area contributed by atoms with Crippen LogP contribution in [-0.4, -0.2) is 4.21 Å². The van der Waals surface area contributed by atoms with Crippen LogP contribution in [0.2, 0.25) is 5.02 Å². The molecule has 0 unspecified atom stereocenters. The minimum Gasteiger partial charge on any atom is -0.184 e. The molecular formula is C39H31Cl3Zr-4. The fourth-order valence-electron chi connectivity index (χ4n) is 4.78. The van der Waals surface area contributed by atoms with Gasteiger partial charge in [0, 0.05) is 0 Å². The van der Waals surface area contributed by atoms with Gasteiger partial charge in [-0.1, -0.05) is 58.9 Å². The number of benzene rings is 6. The molecule has 0 nitrogen and oxygen atoms in total. The quantitative estimate of drug-likeness (QED) is 0.109. The summed E-state index contributed by atoms with van der Waals surface area (Å²) in [4.78, 5) is 0. The van der Waals surface area contributed by atoms with E-state index in [1.807, 2.05) is 66.7 Å². The molecule has 43 heavy (non-hydrogen) atoms. The normalized spacial score (nSPS) is 10.8. The predicted octanol–water partition coefficient (Wildman–Crippen LogP) is 11.1. The zero-order valence-electron chi connectivity index (χ0n) is 23.6. The van der Waals surface area contributed by atoms with E-state index in [1.54, 1.807) is 6.07 Å². The Morgan fingerprint density at radius 3 is 1.91 bits per heavy atom. The number of halogens is 3. The predicted molar refractivity (Wildman–Crippen MR) is 187 cm³/mol. The number of fused-ring (bicyclic) bond motifs is 8. The third kappa shape index (κ3) is 9.99. The van der Waals surface area contributed by atoms with Crippen molar-refractivity contribution < 1.29 is 24.2 Å². The molecule has 0 fully saturated rings. The van der Waals surface area contributed by atoms with Gasteiger partial charge in [0.2, 0.25) is 0 Å². The summed E-state index contributed by atoms with van der Waals surface area (Å²) < 4.78 is 3.34. The summed E-state index contributed by atoms with van der Waals surface area (Å²) in [5.41, 5.74) is 5.67. The first-order chi connectivity index (χ1) is 20.3. The summed E-state index contributed by atoms with van der Waals surface area (Å²) in [7, 11) is 0. The van der Waals surface area contributed by atoms with Crippen LogP contribution in [0.15, 0.2) is 140 Å². The van der Waals surface area contributed by atoms with E-state index in [-0.39, 0.29) is 24.8 Å². The molecule has 0 spiro atoms. The Morgan fingerprint density at radius 1 is 0.674 bits per heavy atom. The molecule has 0 amide bonds. The van der Waals surface area contributed by atoms with Gasteiger partial charge in [0.05, 0.1) is 0 Å². The topological polar surface area (TPSA) is 0 Å². The van der Waals surface area contributed by atoms with E-state index in [2.05, 4.69) is 95.2 Å². The summed E-state index contributed by atoms with van der Waals surface area (Å²) in [6.45, 7) is 0. The van der Waals surface area contributed by atoms with Crippen LogP contribution in [0.1, 0.15) is 17.5 Å². The van der Waals surface area contributed by atoms with Crippen molar-refractivity contribution in [3.63, 3.8) is 0 Å². The summed E-state index contributed by atoms with van der Waals surface area (Å²) in [5.74, 6) is 0. The van der Waals surface area contributed by atoms with Gasteiger partial charge in [0.15, 0.2) is 0 Å². The summed E-state index contributed by atoms with van der Waals surface area (Å²) in [6.07, 6.45) is 11.0.